The summed E-state index contributed by atoms with van der Waals surface area (Å²) in [5, 5.41) is 12.8. The minimum Gasteiger partial charge on any atom is -0.388 e. The van der Waals surface area contributed by atoms with E-state index < -0.39 is 0 Å². The van der Waals surface area contributed by atoms with E-state index in [0.29, 0.717) is 5.92 Å². The Labute approximate surface area is 109 Å². The lowest BCUT2D eigenvalue weighted by Gasteiger charge is -2.18. The van der Waals surface area contributed by atoms with Gasteiger partial charge in [-0.05, 0) is 34.7 Å². The van der Waals surface area contributed by atoms with E-state index in [4.69, 9.17) is 0 Å². The molecule has 1 N–H and O–H groups in total. The van der Waals surface area contributed by atoms with Crippen LogP contribution in [0.3, 0.4) is 0 Å². The number of benzene rings is 2. The summed E-state index contributed by atoms with van der Waals surface area (Å²) in [6.45, 7) is 4.39. The van der Waals surface area contributed by atoms with Crippen molar-refractivity contribution in [3.8, 4) is 0 Å². The predicted molar refractivity (Wildman–Crippen MR) is 77.6 cm³/mol. The van der Waals surface area contributed by atoms with E-state index in [1.54, 1.807) is 0 Å². The molecule has 0 heterocycles. The zero-order valence-electron chi connectivity index (χ0n) is 11.3. The smallest absolute Gasteiger partial charge is 0.0792 e. The lowest BCUT2D eigenvalue weighted by molar-refractivity contribution is 0.141. The van der Waals surface area contributed by atoms with E-state index in [0.717, 1.165) is 24.8 Å². The molecular weight excluding hydrogens is 220 g/mol. The highest BCUT2D eigenvalue weighted by molar-refractivity contribution is 5.83. The van der Waals surface area contributed by atoms with Crippen LogP contribution in [-0.2, 0) is 0 Å². The normalized spacial score (nSPS) is 13.1. The topological polar surface area (TPSA) is 20.2 Å². The number of hydrogen-bond acceptors (Lipinski definition) is 1. The summed E-state index contributed by atoms with van der Waals surface area (Å²) in [6, 6.07) is 14.6. The molecule has 0 aliphatic heterocycles. The molecule has 0 aliphatic carbocycles. The maximum atomic E-state index is 10.3. The van der Waals surface area contributed by atoms with Crippen LogP contribution in [0.25, 0.3) is 10.8 Å². The third kappa shape index (κ3) is 2.91. The molecular formula is C17H22O. The van der Waals surface area contributed by atoms with Crippen molar-refractivity contribution in [2.24, 2.45) is 5.92 Å². The Bertz CT molecular complexity index is 500. The second kappa shape index (κ2) is 6.01. The van der Waals surface area contributed by atoms with Crippen LogP contribution < -0.4 is 0 Å². The summed E-state index contributed by atoms with van der Waals surface area (Å²) >= 11 is 0. The van der Waals surface area contributed by atoms with E-state index >= 15 is 0 Å². The van der Waals surface area contributed by atoms with Gasteiger partial charge in [0.1, 0.15) is 0 Å². The molecule has 96 valence electrons. The lowest BCUT2D eigenvalue weighted by atomic mass is 9.92. The summed E-state index contributed by atoms with van der Waals surface area (Å²) in [4.78, 5) is 0. The third-order valence-electron chi connectivity index (χ3n) is 3.87. The van der Waals surface area contributed by atoms with Gasteiger partial charge in [-0.3, -0.25) is 0 Å². The fourth-order valence-electron chi connectivity index (χ4n) is 2.49. The SMILES string of the molecule is CCC(CC)CC(O)c1ccc2ccccc2c1. The maximum Gasteiger partial charge on any atom is 0.0792 e. The summed E-state index contributed by atoms with van der Waals surface area (Å²) in [6.07, 6.45) is 2.81. The van der Waals surface area contributed by atoms with Gasteiger partial charge in [0.25, 0.3) is 0 Å². The summed E-state index contributed by atoms with van der Waals surface area (Å²) < 4.78 is 0. The first-order valence-electron chi connectivity index (χ1n) is 6.91. The van der Waals surface area contributed by atoms with Gasteiger partial charge < -0.3 is 5.11 Å². The zero-order valence-corrected chi connectivity index (χ0v) is 11.3. The van der Waals surface area contributed by atoms with Crippen LogP contribution in [0.1, 0.15) is 44.8 Å². The van der Waals surface area contributed by atoms with Gasteiger partial charge in [-0.2, -0.15) is 0 Å². The van der Waals surface area contributed by atoms with Crippen molar-refractivity contribution in [1.29, 1.82) is 0 Å². The van der Waals surface area contributed by atoms with Crippen molar-refractivity contribution >= 4 is 10.8 Å². The molecule has 0 saturated heterocycles. The molecule has 0 radical (unpaired) electrons. The van der Waals surface area contributed by atoms with Crippen molar-refractivity contribution in [3.05, 3.63) is 48.0 Å². The average Bonchev–Trinajstić information content (AvgIpc) is 2.44. The molecule has 1 nitrogen and oxygen atoms in total. The second-order valence-corrected chi connectivity index (χ2v) is 5.04. The van der Waals surface area contributed by atoms with Gasteiger partial charge in [0.2, 0.25) is 0 Å². The van der Waals surface area contributed by atoms with Crippen LogP contribution in [0.4, 0.5) is 0 Å². The van der Waals surface area contributed by atoms with Crippen LogP contribution in [0.2, 0.25) is 0 Å². The first-order valence-corrected chi connectivity index (χ1v) is 6.91. The van der Waals surface area contributed by atoms with Crippen molar-refractivity contribution in [2.45, 2.75) is 39.2 Å². The lowest BCUT2D eigenvalue weighted by Crippen LogP contribution is -2.05. The molecule has 0 spiro atoms. The Morgan fingerprint density at radius 1 is 0.944 bits per heavy atom. The van der Waals surface area contributed by atoms with Crippen molar-refractivity contribution < 1.29 is 5.11 Å². The molecule has 2 aromatic carbocycles. The number of aliphatic hydroxyl groups is 1. The van der Waals surface area contributed by atoms with E-state index in [9.17, 15) is 5.11 Å². The van der Waals surface area contributed by atoms with Gasteiger partial charge in [-0.1, -0.05) is 63.1 Å². The van der Waals surface area contributed by atoms with Gasteiger partial charge in [0.15, 0.2) is 0 Å². The Morgan fingerprint density at radius 3 is 2.28 bits per heavy atom. The van der Waals surface area contributed by atoms with Gasteiger partial charge in [-0.15, -0.1) is 0 Å². The fourth-order valence-corrected chi connectivity index (χ4v) is 2.49. The maximum absolute atomic E-state index is 10.3. The second-order valence-electron chi connectivity index (χ2n) is 5.04. The molecule has 0 aromatic heterocycles. The standard InChI is InChI=1S/C17H22O/c1-3-13(4-2)11-17(18)16-10-9-14-7-5-6-8-15(14)12-16/h5-10,12-13,17-18H,3-4,11H2,1-2H3. The Balaban J connectivity index is 2.19. The van der Waals surface area contributed by atoms with Gasteiger partial charge in [0.05, 0.1) is 6.10 Å². The molecule has 0 fully saturated rings. The first-order chi connectivity index (χ1) is 8.74. The zero-order chi connectivity index (χ0) is 13.0. The number of hydrogen-bond donors (Lipinski definition) is 1. The molecule has 1 unspecified atom stereocenters. The minimum absolute atomic E-state index is 0.334. The molecule has 0 amide bonds. The Kier molecular flexibility index (Phi) is 4.38. The quantitative estimate of drug-likeness (QED) is 0.805. The number of aliphatic hydroxyl groups excluding tert-OH is 1. The van der Waals surface area contributed by atoms with Crippen molar-refractivity contribution in [2.75, 3.05) is 0 Å². The molecule has 1 heteroatoms. The Hall–Kier alpha value is -1.34. The van der Waals surface area contributed by atoms with Gasteiger partial charge >= 0.3 is 0 Å². The third-order valence-corrected chi connectivity index (χ3v) is 3.87. The predicted octanol–water partition coefficient (Wildman–Crippen LogP) is 4.70. The van der Waals surface area contributed by atoms with Crippen LogP contribution >= 0.6 is 0 Å². The van der Waals surface area contributed by atoms with Gasteiger partial charge in [0, 0.05) is 0 Å². The monoisotopic (exact) mass is 242 g/mol. The van der Waals surface area contributed by atoms with Gasteiger partial charge in [-0.25, -0.2) is 0 Å². The van der Waals surface area contributed by atoms with E-state index in [1.165, 1.54) is 10.8 Å². The molecule has 2 rings (SSSR count). The molecule has 18 heavy (non-hydrogen) atoms. The highest BCUT2D eigenvalue weighted by atomic mass is 16.3. The van der Waals surface area contributed by atoms with E-state index in [2.05, 4.69) is 44.2 Å². The summed E-state index contributed by atoms with van der Waals surface area (Å²) in [7, 11) is 0. The van der Waals surface area contributed by atoms with Crippen LogP contribution in [0.5, 0.6) is 0 Å². The van der Waals surface area contributed by atoms with Crippen molar-refractivity contribution in [3.63, 3.8) is 0 Å². The molecule has 0 bridgehead atoms. The molecule has 2 aromatic rings. The molecule has 0 saturated carbocycles. The van der Waals surface area contributed by atoms with E-state index in [1.807, 2.05) is 12.1 Å². The van der Waals surface area contributed by atoms with E-state index in [-0.39, 0.29) is 6.10 Å². The highest BCUT2D eigenvalue weighted by Crippen LogP contribution is 2.27. The van der Waals surface area contributed by atoms with Crippen LogP contribution in [-0.4, -0.2) is 5.11 Å². The fraction of sp³-hybridized carbons (Fsp3) is 0.412. The number of rotatable bonds is 5. The summed E-state index contributed by atoms with van der Waals surface area (Å²) in [5.41, 5.74) is 1.04. The van der Waals surface area contributed by atoms with Crippen LogP contribution in [0, 0.1) is 5.92 Å². The van der Waals surface area contributed by atoms with Crippen LogP contribution in [0.15, 0.2) is 42.5 Å². The average molecular weight is 242 g/mol. The molecule has 0 aliphatic rings. The van der Waals surface area contributed by atoms with Crippen molar-refractivity contribution in [1.82, 2.24) is 0 Å². The summed E-state index contributed by atoms with van der Waals surface area (Å²) in [5.74, 6) is 0.617. The minimum atomic E-state index is -0.334. The molecule has 1 atom stereocenters. The first kappa shape index (κ1) is 13.1. The number of fused-ring (bicyclic) bond motifs is 1. The Morgan fingerprint density at radius 2 is 1.61 bits per heavy atom. The largest absolute Gasteiger partial charge is 0.388 e. The highest BCUT2D eigenvalue weighted by Gasteiger charge is 2.13.